The number of esters is 1. The van der Waals surface area contributed by atoms with E-state index in [1.54, 1.807) is 12.2 Å². The molecule has 0 radical (unpaired) electrons. The van der Waals surface area contributed by atoms with Gasteiger partial charge in [0.15, 0.2) is 0 Å². The van der Waals surface area contributed by atoms with Gasteiger partial charge < -0.3 is 4.74 Å². The number of ether oxygens (including phenoxy) is 1. The minimum absolute atomic E-state index is 0.349. The molecule has 1 aromatic rings. The van der Waals surface area contributed by atoms with Crippen molar-refractivity contribution in [2.75, 3.05) is 0 Å². The minimum Gasteiger partial charge on any atom is -0.423 e. The van der Waals surface area contributed by atoms with E-state index in [0.29, 0.717) is 5.75 Å². The number of benzene rings is 1. The van der Waals surface area contributed by atoms with E-state index >= 15 is 0 Å². The van der Waals surface area contributed by atoms with Crippen LogP contribution in [-0.2, 0) is 4.79 Å². The third-order valence-corrected chi connectivity index (χ3v) is 2.34. The molecule has 0 amide bonds. The number of rotatable bonds is 3. The maximum atomic E-state index is 11.5. The van der Waals surface area contributed by atoms with Gasteiger partial charge in [-0.25, -0.2) is 4.79 Å². The topological polar surface area (TPSA) is 26.3 Å². The molecule has 0 saturated carbocycles. The summed E-state index contributed by atoms with van der Waals surface area (Å²) in [5.74, 6) is 0.309. The van der Waals surface area contributed by atoms with Crippen molar-refractivity contribution in [2.24, 2.45) is 0 Å². The predicted molar refractivity (Wildman–Crippen MR) is 70.2 cm³/mol. The van der Waals surface area contributed by atoms with Gasteiger partial charge in [0, 0.05) is 6.08 Å². The zero-order valence-corrected chi connectivity index (χ0v) is 10.8. The van der Waals surface area contributed by atoms with E-state index in [9.17, 15) is 4.79 Å². The highest BCUT2D eigenvalue weighted by Crippen LogP contribution is 2.24. The molecule has 0 atom stereocenters. The van der Waals surface area contributed by atoms with E-state index in [4.69, 9.17) is 4.74 Å². The highest BCUT2D eigenvalue weighted by Gasteiger charge is 2.08. The summed E-state index contributed by atoms with van der Waals surface area (Å²) in [6.07, 6.45) is 6.72. The molecule has 0 aliphatic carbocycles. The third-order valence-electron chi connectivity index (χ3n) is 2.34. The Balaban J connectivity index is 2.85. The molecule has 90 valence electrons. The maximum Gasteiger partial charge on any atom is 0.336 e. The van der Waals surface area contributed by atoms with Crippen LogP contribution in [-0.4, -0.2) is 5.97 Å². The van der Waals surface area contributed by atoms with Crippen LogP contribution in [0.25, 0.3) is 0 Å². The highest BCUT2D eigenvalue weighted by atomic mass is 16.5. The van der Waals surface area contributed by atoms with Crippen LogP contribution < -0.4 is 4.74 Å². The van der Waals surface area contributed by atoms with Crippen molar-refractivity contribution in [3.05, 3.63) is 53.1 Å². The number of carbonyl (C=O) groups excluding carboxylic acids is 1. The lowest BCUT2D eigenvalue weighted by Gasteiger charge is -2.10. The van der Waals surface area contributed by atoms with Crippen molar-refractivity contribution < 1.29 is 9.53 Å². The van der Waals surface area contributed by atoms with Crippen LogP contribution in [0.2, 0.25) is 0 Å². The molecule has 0 heterocycles. The molecule has 0 aliphatic rings. The van der Waals surface area contributed by atoms with Crippen molar-refractivity contribution in [3.63, 3.8) is 0 Å². The largest absolute Gasteiger partial charge is 0.423 e. The van der Waals surface area contributed by atoms with Crippen LogP contribution in [0.4, 0.5) is 0 Å². The summed E-state index contributed by atoms with van der Waals surface area (Å²) in [5.41, 5.74) is 3.13. The monoisotopic (exact) mass is 230 g/mol. The van der Waals surface area contributed by atoms with Gasteiger partial charge in [0.1, 0.15) is 5.75 Å². The average molecular weight is 230 g/mol. The molecular weight excluding hydrogens is 212 g/mol. The Morgan fingerprint density at radius 1 is 1.12 bits per heavy atom. The van der Waals surface area contributed by atoms with Crippen molar-refractivity contribution in [2.45, 2.75) is 27.7 Å². The fraction of sp³-hybridized carbons (Fsp3) is 0.267. The Labute approximate surface area is 103 Å². The average Bonchev–Trinajstić information content (AvgIpc) is 2.24. The van der Waals surface area contributed by atoms with Gasteiger partial charge in [0.2, 0.25) is 0 Å². The number of hydrogen-bond acceptors (Lipinski definition) is 2. The first kappa shape index (κ1) is 13.2. The fourth-order valence-corrected chi connectivity index (χ4v) is 1.71. The molecule has 0 aromatic heterocycles. The van der Waals surface area contributed by atoms with Crippen molar-refractivity contribution >= 4 is 5.97 Å². The Kier molecular flexibility index (Phi) is 4.70. The molecule has 0 N–H and O–H groups in total. The van der Waals surface area contributed by atoms with Gasteiger partial charge >= 0.3 is 5.97 Å². The molecule has 0 unspecified atom stereocenters. The van der Waals surface area contributed by atoms with Gasteiger partial charge in [-0.2, -0.15) is 0 Å². The van der Waals surface area contributed by atoms with Crippen LogP contribution >= 0.6 is 0 Å². The number of hydrogen-bond donors (Lipinski definition) is 0. The number of aryl methyl sites for hydroxylation is 3. The molecule has 1 rings (SSSR count). The van der Waals surface area contributed by atoms with Crippen molar-refractivity contribution in [3.8, 4) is 5.75 Å². The maximum absolute atomic E-state index is 11.5. The van der Waals surface area contributed by atoms with Crippen LogP contribution in [0.1, 0.15) is 23.6 Å². The lowest BCUT2D eigenvalue weighted by molar-refractivity contribution is -0.129. The Hall–Kier alpha value is -1.83. The Bertz CT molecular complexity index is 445. The standard InChI is InChI=1S/C15H18O2/c1-5-6-7-8-14(16)17-15-12(3)9-11(2)10-13(15)4/h5-10H,1-4H3/b6-5+,8-7+. The van der Waals surface area contributed by atoms with Gasteiger partial charge in [-0.3, -0.25) is 0 Å². The first-order valence-electron chi connectivity index (χ1n) is 5.63. The quantitative estimate of drug-likeness (QED) is 0.343. The molecular formula is C15H18O2. The second-order valence-electron chi connectivity index (χ2n) is 4.03. The van der Waals surface area contributed by atoms with E-state index in [1.807, 2.05) is 45.9 Å². The van der Waals surface area contributed by atoms with E-state index in [1.165, 1.54) is 11.6 Å². The molecule has 2 nitrogen and oxygen atoms in total. The highest BCUT2D eigenvalue weighted by molar-refractivity contribution is 5.84. The van der Waals surface area contributed by atoms with Crippen molar-refractivity contribution in [1.82, 2.24) is 0 Å². The second-order valence-corrected chi connectivity index (χ2v) is 4.03. The Morgan fingerprint density at radius 3 is 2.24 bits per heavy atom. The van der Waals surface area contributed by atoms with Crippen LogP contribution in [0.15, 0.2) is 36.4 Å². The minimum atomic E-state index is -0.349. The summed E-state index contributed by atoms with van der Waals surface area (Å²) in [4.78, 5) is 11.5. The first-order valence-corrected chi connectivity index (χ1v) is 5.63. The van der Waals surface area contributed by atoms with Crippen LogP contribution in [0.3, 0.4) is 0 Å². The van der Waals surface area contributed by atoms with E-state index in [-0.39, 0.29) is 5.97 Å². The van der Waals surface area contributed by atoms with Gasteiger partial charge in [-0.15, -0.1) is 0 Å². The fourth-order valence-electron chi connectivity index (χ4n) is 1.71. The molecule has 0 bridgehead atoms. The second kappa shape index (κ2) is 6.04. The SMILES string of the molecule is C/C=C/C=C/C(=O)Oc1c(C)cc(C)cc1C. The molecule has 0 fully saturated rings. The Morgan fingerprint density at radius 2 is 1.71 bits per heavy atom. The predicted octanol–water partition coefficient (Wildman–Crippen LogP) is 3.65. The van der Waals surface area contributed by atoms with Gasteiger partial charge in [-0.05, 0) is 38.8 Å². The van der Waals surface area contributed by atoms with Gasteiger partial charge in [0.05, 0.1) is 0 Å². The zero-order chi connectivity index (χ0) is 12.8. The number of carbonyl (C=O) groups is 1. The van der Waals surface area contributed by atoms with E-state index in [2.05, 4.69) is 0 Å². The molecule has 0 aliphatic heterocycles. The zero-order valence-electron chi connectivity index (χ0n) is 10.8. The molecule has 0 saturated heterocycles. The van der Waals surface area contributed by atoms with Crippen LogP contribution in [0, 0.1) is 20.8 Å². The third kappa shape index (κ3) is 3.91. The van der Waals surface area contributed by atoms with Crippen LogP contribution in [0.5, 0.6) is 5.75 Å². The van der Waals surface area contributed by atoms with Gasteiger partial charge in [-0.1, -0.05) is 35.9 Å². The summed E-state index contributed by atoms with van der Waals surface area (Å²) in [7, 11) is 0. The summed E-state index contributed by atoms with van der Waals surface area (Å²) >= 11 is 0. The number of allylic oxidation sites excluding steroid dienone is 3. The summed E-state index contributed by atoms with van der Waals surface area (Å²) < 4.78 is 5.32. The van der Waals surface area contributed by atoms with E-state index < -0.39 is 0 Å². The summed E-state index contributed by atoms with van der Waals surface area (Å²) in [5, 5.41) is 0. The van der Waals surface area contributed by atoms with Crippen molar-refractivity contribution in [1.29, 1.82) is 0 Å². The molecule has 0 spiro atoms. The normalized spacial score (nSPS) is 11.3. The first-order chi connectivity index (χ1) is 8.04. The molecule has 1 aromatic carbocycles. The lowest BCUT2D eigenvalue weighted by Crippen LogP contribution is -2.06. The van der Waals surface area contributed by atoms with E-state index in [0.717, 1.165) is 11.1 Å². The molecule has 2 heteroatoms. The summed E-state index contributed by atoms with van der Waals surface area (Å²) in [6.45, 7) is 7.80. The molecule has 17 heavy (non-hydrogen) atoms. The lowest BCUT2D eigenvalue weighted by atomic mass is 10.1. The van der Waals surface area contributed by atoms with Gasteiger partial charge in [0.25, 0.3) is 0 Å². The summed E-state index contributed by atoms with van der Waals surface area (Å²) in [6, 6.07) is 4.01. The smallest absolute Gasteiger partial charge is 0.336 e.